The van der Waals surface area contributed by atoms with Crippen molar-refractivity contribution in [2.45, 2.75) is 31.8 Å². The SMILES string of the molecule is C[C@@H](NC(=O)N1C(=O)[C@H](CCc2cnc(N)s2)[C@H]1C(=O)O)c1ccccc1. The number of thiazole rings is 1. The number of anilines is 1. The molecule has 0 spiro atoms. The summed E-state index contributed by atoms with van der Waals surface area (Å²) in [6, 6.07) is 7.04. The lowest BCUT2D eigenvalue weighted by Crippen LogP contribution is -2.68. The molecule has 0 radical (unpaired) electrons. The Labute approximate surface area is 160 Å². The number of nitrogens with one attached hydrogen (secondary N) is 1. The number of hydrogen-bond acceptors (Lipinski definition) is 6. The summed E-state index contributed by atoms with van der Waals surface area (Å²) >= 11 is 1.30. The van der Waals surface area contributed by atoms with Crippen molar-refractivity contribution in [1.82, 2.24) is 15.2 Å². The van der Waals surface area contributed by atoms with E-state index in [1.165, 1.54) is 11.3 Å². The summed E-state index contributed by atoms with van der Waals surface area (Å²) in [6.07, 6.45) is 2.44. The Morgan fingerprint density at radius 3 is 2.67 bits per heavy atom. The highest BCUT2D eigenvalue weighted by atomic mass is 32.1. The van der Waals surface area contributed by atoms with Gasteiger partial charge in [0.25, 0.3) is 0 Å². The molecule has 1 aliphatic heterocycles. The Balaban J connectivity index is 1.64. The molecular formula is C18H20N4O4S. The number of imide groups is 1. The van der Waals surface area contributed by atoms with E-state index in [0.717, 1.165) is 15.3 Å². The second kappa shape index (κ2) is 7.75. The Kier molecular flexibility index (Phi) is 5.41. The summed E-state index contributed by atoms with van der Waals surface area (Å²) in [7, 11) is 0. The molecule has 2 heterocycles. The molecule has 1 saturated heterocycles. The van der Waals surface area contributed by atoms with Crippen LogP contribution in [0.1, 0.15) is 29.8 Å². The molecule has 9 heteroatoms. The zero-order valence-electron chi connectivity index (χ0n) is 14.7. The van der Waals surface area contributed by atoms with Gasteiger partial charge in [-0.25, -0.2) is 19.5 Å². The van der Waals surface area contributed by atoms with Crippen LogP contribution in [0.3, 0.4) is 0 Å². The molecule has 3 amide bonds. The zero-order chi connectivity index (χ0) is 19.6. The van der Waals surface area contributed by atoms with Crippen LogP contribution in [0.25, 0.3) is 0 Å². The normalized spacial score (nSPS) is 20.0. The zero-order valence-corrected chi connectivity index (χ0v) is 15.5. The van der Waals surface area contributed by atoms with Crippen molar-refractivity contribution < 1.29 is 19.5 Å². The number of carboxylic acids is 1. The number of nitrogens with zero attached hydrogens (tertiary/aromatic N) is 2. The van der Waals surface area contributed by atoms with E-state index in [0.29, 0.717) is 18.0 Å². The van der Waals surface area contributed by atoms with Crippen LogP contribution in [0.4, 0.5) is 9.93 Å². The van der Waals surface area contributed by atoms with Crippen LogP contribution in [0.2, 0.25) is 0 Å². The van der Waals surface area contributed by atoms with Crippen molar-refractivity contribution in [3.05, 3.63) is 47.0 Å². The number of β-lactam (4-membered cyclic amide) rings is 1. The highest BCUT2D eigenvalue weighted by Crippen LogP contribution is 2.32. The second-order valence-corrected chi connectivity index (χ2v) is 7.53. The molecular weight excluding hydrogens is 368 g/mol. The number of aliphatic carboxylic acids is 1. The molecule has 8 nitrogen and oxygen atoms in total. The van der Waals surface area contributed by atoms with Crippen LogP contribution in [0.5, 0.6) is 0 Å². The van der Waals surface area contributed by atoms with E-state index in [4.69, 9.17) is 5.73 Å². The van der Waals surface area contributed by atoms with Gasteiger partial charge < -0.3 is 16.2 Å². The molecule has 1 aromatic heterocycles. The number of amides is 3. The van der Waals surface area contributed by atoms with Crippen molar-refractivity contribution in [3.8, 4) is 0 Å². The Hall–Kier alpha value is -2.94. The molecule has 0 saturated carbocycles. The quantitative estimate of drug-likeness (QED) is 0.650. The standard InChI is InChI=1S/C18H20N4O4S/c1-10(11-5-3-2-4-6-11)21-18(26)22-14(16(24)25)13(15(22)23)8-7-12-9-20-17(19)27-12/h2-6,9-10,13-14H,7-8H2,1H3,(H2,19,20)(H,21,26)(H,24,25)/t10-,13-,14+/m1/s1. The van der Waals surface area contributed by atoms with E-state index in [1.54, 1.807) is 13.1 Å². The monoisotopic (exact) mass is 388 g/mol. The average molecular weight is 388 g/mol. The van der Waals surface area contributed by atoms with Gasteiger partial charge in [0.05, 0.1) is 12.0 Å². The fourth-order valence-electron chi connectivity index (χ4n) is 3.15. The molecule has 3 rings (SSSR count). The molecule has 27 heavy (non-hydrogen) atoms. The summed E-state index contributed by atoms with van der Waals surface area (Å²) in [5, 5.41) is 12.6. The van der Waals surface area contributed by atoms with Gasteiger partial charge in [-0.15, -0.1) is 11.3 Å². The number of aryl methyl sites for hydroxylation is 1. The van der Waals surface area contributed by atoms with Crippen molar-refractivity contribution in [3.63, 3.8) is 0 Å². The number of benzene rings is 1. The number of urea groups is 1. The number of nitrogen functional groups attached to an aromatic ring is 1. The van der Waals surface area contributed by atoms with E-state index >= 15 is 0 Å². The highest BCUT2D eigenvalue weighted by Gasteiger charge is 2.54. The lowest BCUT2D eigenvalue weighted by molar-refractivity contribution is -0.166. The molecule has 0 bridgehead atoms. The van der Waals surface area contributed by atoms with Crippen molar-refractivity contribution >= 4 is 34.4 Å². The minimum Gasteiger partial charge on any atom is -0.480 e. The molecule has 1 fully saturated rings. The molecule has 2 aromatic rings. The Bertz CT molecular complexity index is 854. The minimum absolute atomic E-state index is 0.329. The van der Waals surface area contributed by atoms with Crippen molar-refractivity contribution in [2.24, 2.45) is 5.92 Å². The molecule has 4 N–H and O–H groups in total. The number of carbonyl (C=O) groups is 3. The number of likely N-dealkylation sites (tertiary alicyclic amines) is 1. The molecule has 3 atom stereocenters. The van der Waals surface area contributed by atoms with Gasteiger partial charge in [0.15, 0.2) is 11.2 Å². The van der Waals surface area contributed by atoms with E-state index in [-0.39, 0.29) is 6.04 Å². The Morgan fingerprint density at radius 1 is 1.37 bits per heavy atom. The van der Waals surface area contributed by atoms with Crippen LogP contribution in [0, 0.1) is 5.92 Å². The molecule has 0 unspecified atom stereocenters. The van der Waals surface area contributed by atoms with Crippen molar-refractivity contribution in [2.75, 3.05) is 5.73 Å². The van der Waals surface area contributed by atoms with Gasteiger partial charge in [0.1, 0.15) is 0 Å². The van der Waals surface area contributed by atoms with Crippen LogP contribution < -0.4 is 11.1 Å². The first-order valence-corrected chi connectivity index (χ1v) is 9.31. The minimum atomic E-state index is -1.19. The maximum atomic E-state index is 12.5. The number of hydrogen-bond donors (Lipinski definition) is 3. The van der Waals surface area contributed by atoms with Crippen LogP contribution in [-0.2, 0) is 16.0 Å². The predicted molar refractivity (Wildman–Crippen MR) is 100.0 cm³/mol. The van der Waals surface area contributed by atoms with Gasteiger partial charge in [-0.1, -0.05) is 30.3 Å². The van der Waals surface area contributed by atoms with Gasteiger partial charge >= 0.3 is 12.0 Å². The lowest BCUT2D eigenvalue weighted by atomic mass is 9.83. The van der Waals surface area contributed by atoms with E-state index in [2.05, 4.69) is 10.3 Å². The third-order valence-corrected chi connectivity index (χ3v) is 5.48. The van der Waals surface area contributed by atoms with Crippen LogP contribution in [-0.4, -0.2) is 38.9 Å². The van der Waals surface area contributed by atoms with Gasteiger partial charge in [-0.05, 0) is 25.3 Å². The number of rotatable bonds is 6. The van der Waals surface area contributed by atoms with E-state index in [1.807, 2.05) is 30.3 Å². The van der Waals surface area contributed by atoms with Crippen molar-refractivity contribution in [1.29, 1.82) is 0 Å². The highest BCUT2D eigenvalue weighted by molar-refractivity contribution is 7.15. The summed E-state index contributed by atoms with van der Waals surface area (Å²) in [5.74, 6) is -2.40. The first kappa shape index (κ1) is 18.8. The first-order valence-electron chi connectivity index (χ1n) is 8.50. The smallest absolute Gasteiger partial charge is 0.327 e. The fourth-order valence-corrected chi connectivity index (χ4v) is 3.85. The maximum Gasteiger partial charge on any atom is 0.327 e. The summed E-state index contributed by atoms with van der Waals surface area (Å²) in [4.78, 5) is 42.1. The van der Waals surface area contributed by atoms with Crippen LogP contribution in [0.15, 0.2) is 36.5 Å². The number of nitrogens with two attached hydrogens (primary N) is 1. The third kappa shape index (κ3) is 3.92. The first-order chi connectivity index (χ1) is 12.9. The number of aromatic nitrogens is 1. The summed E-state index contributed by atoms with van der Waals surface area (Å²) < 4.78 is 0. The molecule has 1 aromatic carbocycles. The maximum absolute atomic E-state index is 12.5. The largest absolute Gasteiger partial charge is 0.480 e. The Morgan fingerprint density at radius 2 is 2.07 bits per heavy atom. The topological polar surface area (TPSA) is 126 Å². The van der Waals surface area contributed by atoms with Gasteiger partial charge in [-0.3, -0.25) is 4.79 Å². The third-order valence-electron chi connectivity index (χ3n) is 4.60. The summed E-state index contributed by atoms with van der Waals surface area (Å²) in [6.45, 7) is 1.78. The number of carboxylic acid groups (broad SMARTS) is 1. The average Bonchev–Trinajstić information content (AvgIpc) is 3.05. The fraction of sp³-hybridized carbons (Fsp3) is 0.333. The van der Waals surface area contributed by atoms with Crippen LogP contribution >= 0.6 is 11.3 Å². The molecule has 1 aliphatic rings. The van der Waals surface area contributed by atoms with E-state index in [9.17, 15) is 19.5 Å². The molecule has 0 aliphatic carbocycles. The second-order valence-electron chi connectivity index (χ2n) is 6.38. The van der Waals surface area contributed by atoms with E-state index < -0.39 is 29.9 Å². The number of carbonyl (C=O) groups excluding carboxylic acids is 2. The van der Waals surface area contributed by atoms with Gasteiger partial charge in [0, 0.05) is 11.1 Å². The van der Waals surface area contributed by atoms with Gasteiger partial charge in [0.2, 0.25) is 5.91 Å². The summed E-state index contributed by atoms with van der Waals surface area (Å²) in [5.41, 5.74) is 6.44. The molecule has 142 valence electrons. The lowest BCUT2D eigenvalue weighted by Gasteiger charge is -2.43. The van der Waals surface area contributed by atoms with Gasteiger partial charge in [-0.2, -0.15) is 0 Å². The predicted octanol–water partition coefficient (Wildman–Crippen LogP) is 2.04.